The maximum atomic E-state index is 10.8. The lowest BCUT2D eigenvalue weighted by molar-refractivity contribution is 0.0997. The van der Waals surface area contributed by atoms with Crippen molar-refractivity contribution in [2.45, 2.75) is 6.42 Å². The van der Waals surface area contributed by atoms with Crippen LogP contribution in [0.5, 0.6) is 11.5 Å². The normalized spacial score (nSPS) is 9.71. The second-order valence-corrected chi connectivity index (χ2v) is 2.82. The van der Waals surface area contributed by atoms with Crippen molar-refractivity contribution in [1.29, 1.82) is 0 Å². The van der Waals surface area contributed by atoms with E-state index < -0.39 is 5.91 Å². The van der Waals surface area contributed by atoms with Gasteiger partial charge in [0.2, 0.25) is 0 Å². The fourth-order valence-corrected chi connectivity index (χ4v) is 1.17. The van der Waals surface area contributed by atoms with Gasteiger partial charge in [-0.15, -0.1) is 6.58 Å². The zero-order valence-electron chi connectivity index (χ0n) is 7.53. The van der Waals surface area contributed by atoms with Crippen molar-refractivity contribution in [2.75, 3.05) is 0 Å². The number of phenolic OH excluding ortho intramolecular Hbond substituents is 1. The molecule has 4 nitrogen and oxygen atoms in total. The second-order valence-electron chi connectivity index (χ2n) is 2.82. The molecule has 1 aromatic rings. The van der Waals surface area contributed by atoms with E-state index in [4.69, 9.17) is 5.73 Å². The van der Waals surface area contributed by atoms with Gasteiger partial charge >= 0.3 is 0 Å². The standard InChI is InChI=1S/C10H11NO3/c1-2-3-6-8(12)5-4-7(9(6)13)10(11)14/h2,4-5,12-13H,1,3H2,(H2,11,14). The molecule has 14 heavy (non-hydrogen) atoms. The molecule has 4 N–H and O–H groups in total. The van der Waals surface area contributed by atoms with Crippen LogP contribution in [0.15, 0.2) is 24.8 Å². The van der Waals surface area contributed by atoms with Crippen LogP contribution in [0.3, 0.4) is 0 Å². The summed E-state index contributed by atoms with van der Waals surface area (Å²) in [6, 6.07) is 2.60. The van der Waals surface area contributed by atoms with Crippen molar-refractivity contribution in [3.05, 3.63) is 35.9 Å². The summed E-state index contributed by atoms with van der Waals surface area (Å²) in [7, 11) is 0. The summed E-state index contributed by atoms with van der Waals surface area (Å²) in [5, 5.41) is 18.9. The number of carbonyl (C=O) groups excluding carboxylic acids is 1. The van der Waals surface area contributed by atoms with Gasteiger partial charge in [0.15, 0.2) is 0 Å². The van der Waals surface area contributed by atoms with E-state index in [-0.39, 0.29) is 29.0 Å². The molecule has 0 saturated heterocycles. The monoisotopic (exact) mass is 193 g/mol. The minimum Gasteiger partial charge on any atom is -0.508 e. The fourth-order valence-electron chi connectivity index (χ4n) is 1.17. The molecule has 0 aliphatic heterocycles. The van der Waals surface area contributed by atoms with Gasteiger partial charge in [-0.1, -0.05) is 6.08 Å². The van der Waals surface area contributed by atoms with Gasteiger partial charge in [-0.2, -0.15) is 0 Å². The first-order chi connectivity index (χ1) is 6.57. The number of primary amides is 1. The van der Waals surface area contributed by atoms with E-state index in [1.165, 1.54) is 18.2 Å². The Morgan fingerprint density at radius 2 is 2.14 bits per heavy atom. The van der Waals surface area contributed by atoms with Crippen LogP contribution in [-0.4, -0.2) is 16.1 Å². The fraction of sp³-hybridized carbons (Fsp3) is 0.100. The number of hydrogen-bond donors (Lipinski definition) is 3. The third-order valence-electron chi connectivity index (χ3n) is 1.87. The molecule has 4 heteroatoms. The van der Waals surface area contributed by atoms with Crippen molar-refractivity contribution >= 4 is 5.91 Å². The number of carbonyl (C=O) groups is 1. The highest BCUT2D eigenvalue weighted by atomic mass is 16.3. The Balaban J connectivity index is 3.32. The van der Waals surface area contributed by atoms with Crippen LogP contribution in [0.25, 0.3) is 0 Å². The van der Waals surface area contributed by atoms with Crippen LogP contribution in [0.2, 0.25) is 0 Å². The lowest BCUT2D eigenvalue weighted by Crippen LogP contribution is -2.11. The lowest BCUT2D eigenvalue weighted by Gasteiger charge is -2.07. The predicted octanol–water partition coefficient (Wildman–Crippen LogP) is 0.925. The van der Waals surface area contributed by atoms with E-state index in [1.807, 2.05) is 0 Å². The number of rotatable bonds is 3. The first-order valence-corrected chi connectivity index (χ1v) is 4.02. The van der Waals surface area contributed by atoms with Gasteiger partial charge in [-0.05, 0) is 18.6 Å². The number of benzene rings is 1. The number of nitrogens with two attached hydrogens (primary N) is 1. The minimum absolute atomic E-state index is 0.000324. The van der Waals surface area contributed by atoms with E-state index in [9.17, 15) is 15.0 Å². The van der Waals surface area contributed by atoms with Gasteiger partial charge in [0.25, 0.3) is 5.91 Å². The molecule has 0 aromatic heterocycles. The Morgan fingerprint density at radius 3 is 2.64 bits per heavy atom. The van der Waals surface area contributed by atoms with Crippen LogP contribution in [0.4, 0.5) is 0 Å². The van der Waals surface area contributed by atoms with Gasteiger partial charge in [0.1, 0.15) is 11.5 Å². The molecular formula is C10H11NO3. The van der Waals surface area contributed by atoms with E-state index >= 15 is 0 Å². The Kier molecular flexibility index (Phi) is 2.76. The highest BCUT2D eigenvalue weighted by Gasteiger charge is 2.14. The maximum Gasteiger partial charge on any atom is 0.252 e. The average molecular weight is 193 g/mol. The summed E-state index contributed by atoms with van der Waals surface area (Å²) in [4.78, 5) is 10.8. The predicted molar refractivity (Wildman–Crippen MR) is 52.2 cm³/mol. The van der Waals surface area contributed by atoms with E-state index in [0.29, 0.717) is 0 Å². The molecule has 0 unspecified atom stereocenters. The van der Waals surface area contributed by atoms with Crippen LogP contribution in [-0.2, 0) is 6.42 Å². The van der Waals surface area contributed by atoms with E-state index in [1.54, 1.807) is 0 Å². The van der Waals surface area contributed by atoms with Crippen LogP contribution < -0.4 is 5.73 Å². The quantitative estimate of drug-likeness (QED) is 0.624. The summed E-state index contributed by atoms with van der Waals surface area (Å²) in [5.74, 6) is -1.09. The molecule has 0 saturated carbocycles. The molecule has 74 valence electrons. The Hall–Kier alpha value is -1.97. The Morgan fingerprint density at radius 1 is 1.50 bits per heavy atom. The molecule has 1 aromatic carbocycles. The largest absolute Gasteiger partial charge is 0.508 e. The second kappa shape index (κ2) is 3.83. The molecule has 0 spiro atoms. The molecule has 1 rings (SSSR count). The zero-order chi connectivity index (χ0) is 10.7. The third kappa shape index (κ3) is 1.69. The number of phenols is 2. The Bertz CT molecular complexity index is 385. The van der Waals surface area contributed by atoms with Crippen molar-refractivity contribution in [3.8, 4) is 11.5 Å². The van der Waals surface area contributed by atoms with Gasteiger partial charge in [-0.3, -0.25) is 4.79 Å². The van der Waals surface area contributed by atoms with Crippen LogP contribution >= 0.6 is 0 Å². The average Bonchev–Trinajstić information content (AvgIpc) is 2.11. The number of aromatic hydroxyl groups is 2. The first kappa shape index (κ1) is 10.1. The first-order valence-electron chi connectivity index (χ1n) is 4.02. The summed E-state index contributed by atoms with van der Waals surface area (Å²) >= 11 is 0. The summed E-state index contributed by atoms with van der Waals surface area (Å²) in [5.41, 5.74) is 5.28. The minimum atomic E-state index is -0.729. The van der Waals surface area contributed by atoms with E-state index in [0.717, 1.165) is 0 Å². The summed E-state index contributed by atoms with van der Waals surface area (Å²) < 4.78 is 0. The van der Waals surface area contributed by atoms with Gasteiger partial charge in [-0.25, -0.2) is 0 Å². The van der Waals surface area contributed by atoms with Crippen molar-refractivity contribution in [3.63, 3.8) is 0 Å². The molecule has 1 amide bonds. The third-order valence-corrected chi connectivity index (χ3v) is 1.87. The topological polar surface area (TPSA) is 83.5 Å². The van der Waals surface area contributed by atoms with Gasteiger partial charge < -0.3 is 15.9 Å². The molecule has 0 fully saturated rings. The lowest BCUT2D eigenvalue weighted by atomic mass is 10.0. The molecule has 0 bridgehead atoms. The molecule has 0 aliphatic carbocycles. The smallest absolute Gasteiger partial charge is 0.252 e. The molecule has 0 aliphatic rings. The summed E-state index contributed by atoms with van der Waals surface area (Å²) in [6.07, 6.45) is 1.79. The zero-order valence-corrected chi connectivity index (χ0v) is 7.53. The number of hydrogen-bond acceptors (Lipinski definition) is 3. The van der Waals surface area contributed by atoms with Crippen LogP contribution in [0, 0.1) is 0 Å². The number of amides is 1. The van der Waals surface area contributed by atoms with Crippen molar-refractivity contribution in [1.82, 2.24) is 0 Å². The SMILES string of the molecule is C=CCc1c(O)ccc(C(N)=O)c1O. The highest BCUT2D eigenvalue weighted by molar-refractivity contribution is 5.96. The molecule has 0 atom stereocenters. The van der Waals surface area contributed by atoms with Crippen molar-refractivity contribution < 1.29 is 15.0 Å². The van der Waals surface area contributed by atoms with Crippen LogP contribution in [0.1, 0.15) is 15.9 Å². The van der Waals surface area contributed by atoms with Gasteiger partial charge in [0, 0.05) is 5.56 Å². The maximum absolute atomic E-state index is 10.8. The molecule has 0 radical (unpaired) electrons. The number of allylic oxidation sites excluding steroid dienone is 1. The van der Waals surface area contributed by atoms with Crippen molar-refractivity contribution in [2.24, 2.45) is 5.73 Å². The van der Waals surface area contributed by atoms with Gasteiger partial charge in [0.05, 0.1) is 5.56 Å². The summed E-state index contributed by atoms with van der Waals surface area (Å²) in [6.45, 7) is 3.47. The molecular weight excluding hydrogens is 182 g/mol. The molecule has 0 heterocycles. The van der Waals surface area contributed by atoms with E-state index in [2.05, 4.69) is 6.58 Å². The highest BCUT2D eigenvalue weighted by Crippen LogP contribution is 2.30. The Labute approximate surface area is 81.3 Å².